The number of nitrogens with zero attached hydrogens (tertiary/aromatic N) is 1. The van der Waals surface area contributed by atoms with Crippen molar-refractivity contribution in [1.82, 2.24) is 4.98 Å². The van der Waals surface area contributed by atoms with E-state index in [0.29, 0.717) is 16.6 Å². The van der Waals surface area contributed by atoms with Crippen LogP contribution in [0.25, 0.3) is 20.8 Å². The molecule has 1 N–H and O–H groups in total. The number of halogens is 1. The summed E-state index contributed by atoms with van der Waals surface area (Å²) in [5.74, 6) is 0.830. The van der Waals surface area contributed by atoms with Crippen molar-refractivity contribution in [2.45, 2.75) is 26.7 Å². The van der Waals surface area contributed by atoms with E-state index in [4.69, 9.17) is 16.3 Å². The van der Waals surface area contributed by atoms with Crippen LogP contribution in [-0.4, -0.2) is 17.5 Å². The second-order valence-electron chi connectivity index (χ2n) is 7.71. The van der Waals surface area contributed by atoms with Crippen molar-refractivity contribution in [2.75, 3.05) is 11.9 Å². The molecule has 0 atom stereocenters. The third-order valence-electron chi connectivity index (χ3n) is 4.92. The number of thiazole rings is 1. The maximum Gasteiger partial charge on any atom is 0.262 e. The predicted molar refractivity (Wildman–Crippen MR) is 129 cm³/mol. The van der Waals surface area contributed by atoms with Crippen molar-refractivity contribution in [3.8, 4) is 16.3 Å². The second-order valence-corrected chi connectivity index (χ2v) is 9.15. The van der Waals surface area contributed by atoms with Gasteiger partial charge in [-0.2, -0.15) is 0 Å². The lowest BCUT2D eigenvalue weighted by molar-refractivity contribution is -0.118. The van der Waals surface area contributed by atoms with Gasteiger partial charge in [-0.15, -0.1) is 11.3 Å². The molecule has 3 aromatic carbocycles. The first-order valence-corrected chi connectivity index (χ1v) is 11.3. The standard InChI is InChI=1S/C25H23ClN2O2S/c1-15(2)18-10-8-16(3)12-22(18)30-14-24(29)27-17-9-11-20(26)19(13-17)25-28-21-6-4-5-7-23(21)31-25/h4-13,15H,14H2,1-3H3,(H,27,29). The summed E-state index contributed by atoms with van der Waals surface area (Å²) in [4.78, 5) is 17.2. The fourth-order valence-electron chi connectivity index (χ4n) is 3.34. The molecule has 0 saturated heterocycles. The molecule has 1 aromatic heterocycles. The van der Waals surface area contributed by atoms with Gasteiger partial charge in [-0.1, -0.05) is 49.7 Å². The quantitative estimate of drug-likeness (QED) is 0.342. The minimum atomic E-state index is -0.228. The van der Waals surface area contributed by atoms with E-state index in [1.165, 1.54) is 0 Å². The molecule has 4 rings (SSSR count). The third-order valence-corrected chi connectivity index (χ3v) is 6.32. The van der Waals surface area contributed by atoms with Crippen molar-refractivity contribution in [3.63, 3.8) is 0 Å². The Bertz CT molecular complexity index is 1220. The molecular formula is C25H23ClN2O2S. The van der Waals surface area contributed by atoms with Crippen molar-refractivity contribution in [1.29, 1.82) is 0 Å². The van der Waals surface area contributed by atoms with Crippen LogP contribution in [0.1, 0.15) is 30.9 Å². The van der Waals surface area contributed by atoms with Crippen LogP contribution in [0.3, 0.4) is 0 Å². The number of hydrogen-bond acceptors (Lipinski definition) is 4. The van der Waals surface area contributed by atoms with Crippen LogP contribution in [0.15, 0.2) is 60.7 Å². The molecule has 4 nitrogen and oxygen atoms in total. The summed E-state index contributed by atoms with van der Waals surface area (Å²) in [6.45, 7) is 6.15. The van der Waals surface area contributed by atoms with Crippen LogP contribution in [0.2, 0.25) is 5.02 Å². The number of anilines is 1. The number of para-hydroxylation sites is 1. The lowest BCUT2D eigenvalue weighted by atomic mass is 10.0. The molecule has 0 bridgehead atoms. The number of rotatable bonds is 6. The zero-order valence-corrected chi connectivity index (χ0v) is 19.2. The fraction of sp³-hybridized carbons (Fsp3) is 0.200. The van der Waals surface area contributed by atoms with Gasteiger partial charge >= 0.3 is 0 Å². The molecular weight excluding hydrogens is 428 g/mol. The zero-order valence-electron chi connectivity index (χ0n) is 17.6. The molecule has 0 aliphatic carbocycles. The third kappa shape index (κ3) is 4.89. The minimum absolute atomic E-state index is 0.0672. The Morgan fingerprint density at radius 2 is 1.94 bits per heavy atom. The van der Waals surface area contributed by atoms with Crippen LogP contribution < -0.4 is 10.1 Å². The first-order valence-electron chi connectivity index (χ1n) is 10.1. The molecule has 0 aliphatic rings. The van der Waals surface area contributed by atoms with Crippen molar-refractivity contribution in [2.24, 2.45) is 0 Å². The first kappa shape index (κ1) is 21.3. The lowest BCUT2D eigenvalue weighted by Gasteiger charge is -2.15. The molecule has 0 fully saturated rings. The van der Waals surface area contributed by atoms with Gasteiger partial charge in [0.15, 0.2) is 6.61 Å². The van der Waals surface area contributed by atoms with Crippen molar-refractivity contribution < 1.29 is 9.53 Å². The molecule has 1 heterocycles. The van der Waals surface area contributed by atoms with Crippen molar-refractivity contribution in [3.05, 3.63) is 76.8 Å². The lowest BCUT2D eigenvalue weighted by Crippen LogP contribution is -2.20. The summed E-state index contributed by atoms with van der Waals surface area (Å²) in [5.41, 5.74) is 4.56. The van der Waals surface area contributed by atoms with Crippen LogP contribution in [0.5, 0.6) is 5.75 Å². The van der Waals surface area contributed by atoms with Crippen molar-refractivity contribution >= 4 is 44.7 Å². The highest BCUT2D eigenvalue weighted by molar-refractivity contribution is 7.21. The second kappa shape index (κ2) is 9.08. The average molecular weight is 451 g/mol. The van der Waals surface area contributed by atoms with E-state index in [0.717, 1.165) is 37.7 Å². The summed E-state index contributed by atoms with van der Waals surface area (Å²) in [6, 6.07) is 19.4. The number of ether oxygens (including phenoxy) is 1. The van der Waals surface area contributed by atoms with Gasteiger partial charge in [0.2, 0.25) is 0 Å². The Balaban J connectivity index is 1.49. The summed E-state index contributed by atoms with van der Waals surface area (Å²) in [5, 5.41) is 4.31. The molecule has 0 saturated carbocycles. The van der Waals surface area contributed by atoms with E-state index in [2.05, 4.69) is 36.3 Å². The average Bonchev–Trinajstić information content (AvgIpc) is 3.17. The summed E-state index contributed by atoms with van der Waals surface area (Å²) in [7, 11) is 0. The normalized spacial score (nSPS) is 11.1. The van der Waals surface area contributed by atoms with Gasteiger partial charge in [0.25, 0.3) is 5.91 Å². The summed E-state index contributed by atoms with van der Waals surface area (Å²) < 4.78 is 6.94. The van der Waals surface area contributed by atoms with Gasteiger partial charge in [-0.25, -0.2) is 4.98 Å². The Kier molecular flexibility index (Phi) is 6.25. The molecule has 158 valence electrons. The van der Waals surface area contributed by atoms with Gasteiger partial charge in [0, 0.05) is 11.3 Å². The molecule has 0 spiro atoms. The maximum absolute atomic E-state index is 12.5. The number of aryl methyl sites for hydroxylation is 1. The number of hydrogen-bond donors (Lipinski definition) is 1. The zero-order chi connectivity index (χ0) is 22.0. The van der Waals surface area contributed by atoms with E-state index < -0.39 is 0 Å². The Hall–Kier alpha value is -2.89. The highest BCUT2D eigenvalue weighted by atomic mass is 35.5. The van der Waals surface area contributed by atoms with Crippen LogP contribution in [0, 0.1) is 6.92 Å². The molecule has 4 aromatic rings. The van der Waals surface area contributed by atoms with Crippen LogP contribution in [-0.2, 0) is 4.79 Å². The van der Waals surface area contributed by atoms with E-state index in [9.17, 15) is 4.79 Å². The smallest absolute Gasteiger partial charge is 0.262 e. The largest absolute Gasteiger partial charge is 0.483 e. The van der Waals surface area contributed by atoms with E-state index in [1.807, 2.05) is 43.3 Å². The number of fused-ring (bicyclic) bond motifs is 1. The topological polar surface area (TPSA) is 51.2 Å². The van der Waals surface area contributed by atoms with Gasteiger partial charge in [0.05, 0.1) is 15.2 Å². The number of aromatic nitrogens is 1. The molecule has 6 heteroatoms. The molecule has 31 heavy (non-hydrogen) atoms. The van der Waals surface area contributed by atoms with Gasteiger partial charge in [0.1, 0.15) is 10.8 Å². The highest BCUT2D eigenvalue weighted by Gasteiger charge is 2.13. The van der Waals surface area contributed by atoms with Crippen LogP contribution >= 0.6 is 22.9 Å². The van der Waals surface area contributed by atoms with Gasteiger partial charge < -0.3 is 10.1 Å². The Labute approximate surface area is 190 Å². The highest BCUT2D eigenvalue weighted by Crippen LogP contribution is 2.36. The SMILES string of the molecule is Cc1ccc(C(C)C)c(OCC(=O)Nc2ccc(Cl)c(-c3nc4ccccc4s3)c2)c1. The number of benzene rings is 3. The fourth-order valence-corrected chi connectivity index (χ4v) is 4.60. The summed E-state index contributed by atoms with van der Waals surface area (Å²) >= 11 is 8.00. The molecule has 0 unspecified atom stereocenters. The Morgan fingerprint density at radius 3 is 2.71 bits per heavy atom. The Morgan fingerprint density at radius 1 is 1.13 bits per heavy atom. The molecule has 1 amide bonds. The monoisotopic (exact) mass is 450 g/mol. The first-order chi connectivity index (χ1) is 14.9. The maximum atomic E-state index is 12.5. The van der Waals surface area contributed by atoms with E-state index in [1.54, 1.807) is 23.5 Å². The number of amides is 1. The molecule has 0 radical (unpaired) electrons. The van der Waals surface area contributed by atoms with Gasteiger partial charge in [-0.3, -0.25) is 4.79 Å². The van der Waals surface area contributed by atoms with Gasteiger partial charge in [-0.05, 0) is 60.4 Å². The molecule has 0 aliphatic heterocycles. The van der Waals surface area contributed by atoms with E-state index in [-0.39, 0.29) is 12.5 Å². The van der Waals surface area contributed by atoms with Crippen LogP contribution in [0.4, 0.5) is 5.69 Å². The predicted octanol–water partition coefficient (Wildman–Crippen LogP) is 7.07. The number of carbonyl (C=O) groups excluding carboxylic acids is 1. The minimum Gasteiger partial charge on any atom is -0.483 e. The van der Waals surface area contributed by atoms with E-state index >= 15 is 0 Å². The number of carbonyl (C=O) groups is 1. The summed E-state index contributed by atoms with van der Waals surface area (Å²) in [6.07, 6.45) is 0. The number of nitrogens with one attached hydrogen (secondary N) is 1.